The van der Waals surface area contributed by atoms with Crippen molar-refractivity contribution >= 4 is 11.4 Å². The van der Waals surface area contributed by atoms with E-state index in [1.807, 2.05) is 30.3 Å². The van der Waals surface area contributed by atoms with Crippen LogP contribution in [0.1, 0.15) is 5.56 Å². The molecule has 0 saturated heterocycles. The van der Waals surface area contributed by atoms with E-state index in [1.165, 1.54) is 0 Å². The standard InChI is InChI=1S/C16H15N5O/c17-13-6-11(7-14(18)8-13)10-22-15-9-19-16(21-20-15)12-4-2-1-3-5-12/h1-9H,10,17-18H2. The second-order valence-electron chi connectivity index (χ2n) is 4.78. The van der Waals surface area contributed by atoms with Gasteiger partial charge in [0.2, 0.25) is 0 Å². The van der Waals surface area contributed by atoms with Crippen molar-refractivity contribution < 1.29 is 4.74 Å². The lowest BCUT2D eigenvalue weighted by Crippen LogP contribution is -2.02. The van der Waals surface area contributed by atoms with Gasteiger partial charge < -0.3 is 16.2 Å². The average molecular weight is 293 g/mol. The van der Waals surface area contributed by atoms with Crippen LogP contribution in [0.15, 0.2) is 54.7 Å². The fourth-order valence-corrected chi connectivity index (χ4v) is 2.04. The fraction of sp³-hybridized carbons (Fsp3) is 0.0625. The lowest BCUT2D eigenvalue weighted by Gasteiger charge is -2.07. The summed E-state index contributed by atoms with van der Waals surface area (Å²) in [7, 11) is 0. The van der Waals surface area contributed by atoms with E-state index in [4.69, 9.17) is 16.2 Å². The van der Waals surface area contributed by atoms with Crippen molar-refractivity contribution in [2.24, 2.45) is 0 Å². The predicted molar refractivity (Wildman–Crippen MR) is 84.9 cm³/mol. The molecule has 0 spiro atoms. The Balaban J connectivity index is 1.69. The van der Waals surface area contributed by atoms with Gasteiger partial charge in [0.25, 0.3) is 5.88 Å². The largest absolute Gasteiger partial charge is 0.471 e. The van der Waals surface area contributed by atoms with Crippen LogP contribution < -0.4 is 16.2 Å². The third kappa shape index (κ3) is 3.29. The molecule has 6 heteroatoms. The first-order chi connectivity index (χ1) is 10.7. The minimum atomic E-state index is 0.302. The summed E-state index contributed by atoms with van der Waals surface area (Å²) in [6.45, 7) is 0.302. The van der Waals surface area contributed by atoms with E-state index in [0.717, 1.165) is 11.1 Å². The van der Waals surface area contributed by atoms with Gasteiger partial charge >= 0.3 is 0 Å². The maximum Gasteiger partial charge on any atom is 0.252 e. The van der Waals surface area contributed by atoms with Crippen molar-refractivity contribution in [3.8, 4) is 17.3 Å². The first-order valence-corrected chi connectivity index (χ1v) is 6.73. The molecule has 0 aliphatic carbocycles. The molecular formula is C16H15N5O. The van der Waals surface area contributed by atoms with Gasteiger partial charge in [-0.05, 0) is 23.8 Å². The molecule has 2 aromatic carbocycles. The van der Waals surface area contributed by atoms with Crippen LogP contribution in [0, 0.1) is 0 Å². The van der Waals surface area contributed by atoms with Crippen molar-refractivity contribution in [2.75, 3.05) is 11.5 Å². The second-order valence-corrected chi connectivity index (χ2v) is 4.78. The number of benzene rings is 2. The molecule has 22 heavy (non-hydrogen) atoms. The minimum Gasteiger partial charge on any atom is -0.471 e. The fourth-order valence-electron chi connectivity index (χ4n) is 2.04. The van der Waals surface area contributed by atoms with Crippen molar-refractivity contribution in [1.82, 2.24) is 15.2 Å². The van der Waals surface area contributed by atoms with Crippen LogP contribution >= 0.6 is 0 Å². The van der Waals surface area contributed by atoms with E-state index < -0.39 is 0 Å². The van der Waals surface area contributed by atoms with E-state index in [2.05, 4.69) is 15.2 Å². The summed E-state index contributed by atoms with van der Waals surface area (Å²) in [5.74, 6) is 0.904. The van der Waals surface area contributed by atoms with E-state index in [0.29, 0.717) is 29.7 Å². The van der Waals surface area contributed by atoms with Crippen LogP contribution in [-0.2, 0) is 6.61 Å². The first kappa shape index (κ1) is 13.8. The lowest BCUT2D eigenvalue weighted by atomic mass is 10.2. The molecule has 0 atom stereocenters. The highest BCUT2D eigenvalue weighted by molar-refractivity contribution is 5.54. The maximum atomic E-state index is 5.74. The van der Waals surface area contributed by atoms with Crippen molar-refractivity contribution in [3.05, 3.63) is 60.3 Å². The highest BCUT2D eigenvalue weighted by Gasteiger charge is 2.04. The molecule has 3 rings (SSSR count). The molecule has 0 aliphatic heterocycles. The maximum absolute atomic E-state index is 5.74. The number of aromatic nitrogens is 3. The third-order valence-electron chi connectivity index (χ3n) is 3.00. The highest BCUT2D eigenvalue weighted by Crippen LogP contribution is 2.17. The molecular weight excluding hydrogens is 278 g/mol. The van der Waals surface area contributed by atoms with Crippen molar-refractivity contribution in [2.45, 2.75) is 6.61 Å². The molecule has 1 heterocycles. The van der Waals surface area contributed by atoms with E-state index in [1.54, 1.807) is 24.4 Å². The van der Waals surface area contributed by atoms with Crippen LogP contribution in [0.2, 0.25) is 0 Å². The smallest absolute Gasteiger partial charge is 0.252 e. The number of nitrogen functional groups attached to an aromatic ring is 2. The Bertz CT molecular complexity index is 739. The van der Waals surface area contributed by atoms with Gasteiger partial charge in [-0.25, -0.2) is 4.98 Å². The number of ether oxygens (including phenoxy) is 1. The molecule has 6 nitrogen and oxygen atoms in total. The summed E-state index contributed by atoms with van der Waals surface area (Å²) in [5.41, 5.74) is 14.4. The van der Waals surface area contributed by atoms with Gasteiger partial charge in [-0.1, -0.05) is 30.3 Å². The third-order valence-corrected chi connectivity index (χ3v) is 3.00. The van der Waals surface area contributed by atoms with Gasteiger partial charge in [0.1, 0.15) is 6.61 Å². The molecule has 0 radical (unpaired) electrons. The molecule has 0 unspecified atom stereocenters. The van der Waals surface area contributed by atoms with Crippen LogP contribution in [0.4, 0.5) is 11.4 Å². The van der Waals surface area contributed by atoms with E-state index >= 15 is 0 Å². The van der Waals surface area contributed by atoms with Gasteiger partial charge in [-0.2, -0.15) is 0 Å². The predicted octanol–water partition coefficient (Wildman–Crippen LogP) is 2.28. The highest BCUT2D eigenvalue weighted by atomic mass is 16.5. The molecule has 0 saturated carbocycles. The number of hydrogen-bond donors (Lipinski definition) is 2. The van der Waals surface area contributed by atoms with Crippen LogP contribution in [0.5, 0.6) is 5.88 Å². The average Bonchev–Trinajstić information content (AvgIpc) is 2.53. The van der Waals surface area contributed by atoms with Gasteiger partial charge in [0, 0.05) is 16.9 Å². The second kappa shape index (κ2) is 6.09. The number of nitrogens with zero attached hydrogens (tertiary/aromatic N) is 3. The quantitative estimate of drug-likeness (QED) is 0.716. The van der Waals surface area contributed by atoms with E-state index in [9.17, 15) is 0 Å². The number of hydrogen-bond acceptors (Lipinski definition) is 6. The molecule has 0 amide bonds. The number of anilines is 2. The molecule has 3 aromatic rings. The van der Waals surface area contributed by atoms with Crippen molar-refractivity contribution in [3.63, 3.8) is 0 Å². The summed E-state index contributed by atoms with van der Waals surface area (Å²) in [4.78, 5) is 4.25. The summed E-state index contributed by atoms with van der Waals surface area (Å²) in [5, 5.41) is 8.08. The Hall–Kier alpha value is -3.15. The summed E-state index contributed by atoms with van der Waals surface area (Å²) in [6, 6.07) is 14.9. The van der Waals surface area contributed by atoms with Crippen molar-refractivity contribution in [1.29, 1.82) is 0 Å². The Kier molecular flexibility index (Phi) is 3.82. The normalized spacial score (nSPS) is 10.4. The van der Waals surface area contributed by atoms with Gasteiger partial charge in [-0.15, -0.1) is 10.2 Å². The van der Waals surface area contributed by atoms with E-state index in [-0.39, 0.29) is 0 Å². The Morgan fingerprint density at radius 3 is 2.27 bits per heavy atom. The monoisotopic (exact) mass is 293 g/mol. The molecule has 0 bridgehead atoms. The zero-order valence-corrected chi connectivity index (χ0v) is 11.8. The Morgan fingerprint density at radius 2 is 1.64 bits per heavy atom. The molecule has 1 aromatic heterocycles. The zero-order valence-electron chi connectivity index (χ0n) is 11.8. The first-order valence-electron chi connectivity index (χ1n) is 6.73. The molecule has 0 fully saturated rings. The van der Waals surface area contributed by atoms with Crippen LogP contribution in [0.3, 0.4) is 0 Å². The van der Waals surface area contributed by atoms with Crippen LogP contribution in [-0.4, -0.2) is 15.2 Å². The van der Waals surface area contributed by atoms with Gasteiger partial charge in [0.15, 0.2) is 5.82 Å². The Morgan fingerprint density at radius 1 is 0.909 bits per heavy atom. The van der Waals surface area contributed by atoms with Crippen LogP contribution in [0.25, 0.3) is 11.4 Å². The SMILES string of the molecule is Nc1cc(N)cc(COc2cnc(-c3ccccc3)nn2)c1. The summed E-state index contributed by atoms with van der Waals surface area (Å²) >= 11 is 0. The zero-order chi connectivity index (χ0) is 15.4. The van der Waals surface area contributed by atoms with Gasteiger partial charge in [0.05, 0.1) is 6.20 Å². The lowest BCUT2D eigenvalue weighted by molar-refractivity contribution is 0.289. The Labute approximate surface area is 127 Å². The molecule has 4 N–H and O–H groups in total. The summed E-state index contributed by atoms with van der Waals surface area (Å²) < 4.78 is 5.55. The topological polar surface area (TPSA) is 99.9 Å². The minimum absolute atomic E-state index is 0.302. The number of nitrogens with two attached hydrogens (primary N) is 2. The van der Waals surface area contributed by atoms with Gasteiger partial charge in [-0.3, -0.25) is 0 Å². The molecule has 0 aliphatic rings. The summed E-state index contributed by atoms with van der Waals surface area (Å²) in [6.07, 6.45) is 1.55. The molecule has 110 valence electrons. The number of rotatable bonds is 4.